The molecule has 0 aliphatic carbocycles. The van der Waals surface area contributed by atoms with Gasteiger partial charge in [0.1, 0.15) is 0 Å². The number of H-pyrrole nitrogens is 1. The quantitative estimate of drug-likeness (QED) is 0.789. The molecule has 84 valence electrons. The second-order valence-electron chi connectivity index (χ2n) is 4.61. The lowest BCUT2D eigenvalue weighted by molar-refractivity contribution is 0.464. The summed E-state index contributed by atoms with van der Waals surface area (Å²) in [6.45, 7) is 3.36. The Morgan fingerprint density at radius 3 is 3.06 bits per heavy atom. The summed E-state index contributed by atoms with van der Waals surface area (Å²) in [6.07, 6.45) is 3.60. The van der Waals surface area contributed by atoms with E-state index in [1.54, 1.807) is 0 Å². The van der Waals surface area contributed by atoms with Gasteiger partial charge in [-0.1, -0.05) is 31.5 Å². The van der Waals surface area contributed by atoms with E-state index in [2.05, 4.69) is 41.5 Å². The van der Waals surface area contributed by atoms with Crippen LogP contribution in [-0.2, 0) is 6.42 Å². The highest BCUT2D eigenvalue weighted by Gasteiger charge is 2.22. The minimum absolute atomic E-state index is 0.529. The lowest BCUT2D eigenvalue weighted by Crippen LogP contribution is -2.29. The van der Waals surface area contributed by atoms with Gasteiger partial charge in [0.05, 0.1) is 0 Å². The van der Waals surface area contributed by atoms with E-state index in [1.807, 2.05) is 0 Å². The summed E-state index contributed by atoms with van der Waals surface area (Å²) < 4.78 is 0. The van der Waals surface area contributed by atoms with Gasteiger partial charge in [-0.3, -0.25) is 0 Å². The third-order valence-corrected chi connectivity index (χ3v) is 3.54. The Morgan fingerprint density at radius 2 is 2.19 bits per heavy atom. The topological polar surface area (TPSA) is 27.8 Å². The van der Waals surface area contributed by atoms with E-state index < -0.39 is 0 Å². The Labute approximate surface area is 96.1 Å². The maximum absolute atomic E-state index is 3.61. The highest BCUT2D eigenvalue weighted by Crippen LogP contribution is 2.31. The molecule has 0 saturated carbocycles. The maximum Gasteiger partial charge on any atom is 0.0476 e. The predicted molar refractivity (Wildman–Crippen MR) is 67.7 cm³/mol. The van der Waals surface area contributed by atoms with Crippen LogP contribution in [0.2, 0.25) is 0 Å². The zero-order valence-electron chi connectivity index (χ0n) is 9.72. The second-order valence-corrected chi connectivity index (χ2v) is 4.61. The third kappa shape index (κ3) is 1.45. The molecule has 0 bridgehead atoms. The van der Waals surface area contributed by atoms with Crippen molar-refractivity contribution in [3.8, 4) is 0 Å². The first kappa shape index (κ1) is 9.91. The average molecular weight is 214 g/mol. The molecular weight excluding hydrogens is 196 g/mol. The molecule has 1 aliphatic rings. The van der Waals surface area contributed by atoms with Crippen LogP contribution in [0.5, 0.6) is 0 Å². The molecule has 0 radical (unpaired) electrons. The summed E-state index contributed by atoms with van der Waals surface area (Å²) in [5.74, 6) is 0. The van der Waals surface area contributed by atoms with Crippen LogP contribution in [-0.4, -0.2) is 11.5 Å². The molecule has 0 unspecified atom stereocenters. The van der Waals surface area contributed by atoms with E-state index >= 15 is 0 Å². The number of benzene rings is 1. The molecule has 3 rings (SSSR count). The molecule has 1 aromatic carbocycles. The van der Waals surface area contributed by atoms with Crippen LogP contribution in [0.3, 0.4) is 0 Å². The molecule has 0 fully saturated rings. The largest absolute Gasteiger partial charge is 0.357 e. The van der Waals surface area contributed by atoms with Gasteiger partial charge in [0.15, 0.2) is 0 Å². The van der Waals surface area contributed by atoms with Crippen LogP contribution in [0, 0.1) is 0 Å². The second kappa shape index (κ2) is 3.95. The van der Waals surface area contributed by atoms with Gasteiger partial charge in [-0.15, -0.1) is 0 Å². The van der Waals surface area contributed by atoms with Gasteiger partial charge >= 0.3 is 0 Å². The molecule has 1 aliphatic heterocycles. The van der Waals surface area contributed by atoms with Crippen LogP contribution < -0.4 is 5.32 Å². The van der Waals surface area contributed by atoms with E-state index in [0.717, 1.165) is 13.0 Å². The zero-order valence-corrected chi connectivity index (χ0v) is 9.72. The van der Waals surface area contributed by atoms with Gasteiger partial charge in [-0.05, 0) is 31.0 Å². The lowest BCUT2D eigenvalue weighted by atomic mass is 9.97. The molecule has 2 aromatic rings. The Morgan fingerprint density at radius 1 is 1.31 bits per heavy atom. The molecule has 2 heteroatoms. The molecule has 0 amide bonds. The van der Waals surface area contributed by atoms with Gasteiger partial charge in [-0.25, -0.2) is 0 Å². The molecule has 2 heterocycles. The van der Waals surface area contributed by atoms with Crippen LogP contribution in [0.15, 0.2) is 24.3 Å². The lowest BCUT2D eigenvalue weighted by Gasteiger charge is -2.23. The Bertz CT molecular complexity index is 498. The van der Waals surface area contributed by atoms with E-state index in [4.69, 9.17) is 0 Å². The predicted octanol–water partition coefficient (Wildman–Crippen LogP) is 3.15. The van der Waals surface area contributed by atoms with Crippen LogP contribution >= 0.6 is 0 Å². The molecule has 0 spiro atoms. The van der Waals surface area contributed by atoms with Crippen molar-refractivity contribution in [1.82, 2.24) is 10.3 Å². The maximum atomic E-state index is 3.61. The van der Waals surface area contributed by atoms with E-state index in [-0.39, 0.29) is 0 Å². The van der Waals surface area contributed by atoms with Gasteiger partial charge < -0.3 is 10.3 Å². The summed E-state index contributed by atoms with van der Waals surface area (Å²) in [4.78, 5) is 3.59. The molecule has 16 heavy (non-hydrogen) atoms. The Balaban J connectivity index is 2.13. The normalized spacial score (nSPS) is 19.9. The van der Waals surface area contributed by atoms with Gasteiger partial charge in [0.2, 0.25) is 0 Å². The van der Waals surface area contributed by atoms with Gasteiger partial charge in [0, 0.05) is 22.6 Å². The first-order valence-electron chi connectivity index (χ1n) is 6.23. The Kier molecular flexibility index (Phi) is 2.44. The standard InChI is InChI=1S/C14H18N2/c1-2-5-13-14-11(8-9-15-13)10-6-3-4-7-12(10)16-14/h3-4,6-7,13,15-16H,2,5,8-9H2,1H3/t13-/m0/s1. The minimum atomic E-state index is 0.529. The first-order valence-corrected chi connectivity index (χ1v) is 6.23. The number of hydrogen-bond donors (Lipinski definition) is 2. The van der Waals surface area contributed by atoms with Gasteiger partial charge in [0.25, 0.3) is 0 Å². The number of aromatic nitrogens is 1. The summed E-state index contributed by atoms with van der Waals surface area (Å²) in [6, 6.07) is 9.18. The summed E-state index contributed by atoms with van der Waals surface area (Å²) in [7, 11) is 0. The van der Waals surface area contributed by atoms with Crippen LogP contribution in [0.25, 0.3) is 10.9 Å². The van der Waals surface area contributed by atoms with E-state index in [0.29, 0.717) is 6.04 Å². The number of para-hydroxylation sites is 1. The third-order valence-electron chi connectivity index (χ3n) is 3.54. The highest BCUT2D eigenvalue weighted by molar-refractivity contribution is 5.85. The summed E-state index contributed by atoms with van der Waals surface area (Å²) in [5.41, 5.74) is 4.25. The monoisotopic (exact) mass is 214 g/mol. The van der Waals surface area contributed by atoms with Crippen molar-refractivity contribution in [2.24, 2.45) is 0 Å². The first-order chi connectivity index (χ1) is 7.90. The van der Waals surface area contributed by atoms with Crippen LogP contribution in [0.1, 0.15) is 37.1 Å². The zero-order chi connectivity index (χ0) is 11.0. The molecule has 0 saturated heterocycles. The van der Waals surface area contributed by atoms with Crippen molar-refractivity contribution < 1.29 is 0 Å². The SMILES string of the molecule is CCC[C@@H]1NCCc2c1[nH]c1ccccc21. The molecule has 2 nitrogen and oxygen atoms in total. The average Bonchev–Trinajstić information content (AvgIpc) is 2.69. The Hall–Kier alpha value is -1.28. The van der Waals surface area contributed by atoms with E-state index in [9.17, 15) is 0 Å². The highest BCUT2D eigenvalue weighted by atomic mass is 15.0. The number of fused-ring (bicyclic) bond motifs is 3. The van der Waals surface area contributed by atoms with E-state index in [1.165, 1.54) is 35.0 Å². The summed E-state index contributed by atoms with van der Waals surface area (Å²) in [5, 5.41) is 5.02. The molecular formula is C14H18N2. The van der Waals surface area contributed by atoms with Crippen molar-refractivity contribution in [3.63, 3.8) is 0 Å². The van der Waals surface area contributed by atoms with Crippen molar-refractivity contribution in [2.45, 2.75) is 32.2 Å². The fourth-order valence-electron chi connectivity index (χ4n) is 2.80. The number of rotatable bonds is 2. The van der Waals surface area contributed by atoms with Gasteiger partial charge in [-0.2, -0.15) is 0 Å². The van der Waals surface area contributed by atoms with Crippen molar-refractivity contribution in [2.75, 3.05) is 6.54 Å². The fourth-order valence-corrected chi connectivity index (χ4v) is 2.80. The molecule has 2 N–H and O–H groups in total. The van der Waals surface area contributed by atoms with Crippen molar-refractivity contribution in [1.29, 1.82) is 0 Å². The summed E-state index contributed by atoms with van der Waals surface area (Å²) >= 11 is 0. The van der Waals surface area contributed by atoms with Crippen LogP contribution in [0.4, 0.5) is 0 Å². The van der Waals surface area contributed by atoms with Crippen molar-refractivity contribution in [3.05, 3.63) is 35.5 Å². The van der Waals surface area contributed by atoms with Crippen molar-refractivity contribution >= 4 is 10.9 Å². The minimum Gasteiger partial charge on any atom is -0.357 e. The fraction of sp³-hybridized carbons (Fsp3) is 0.429. The smallest absolute Gasteiger partial charge is 0.0476 e. The number of hydrogen-bond acceptors (Lipinski definition) is 1. The molecule has 1 atom stereocenters. The molecule has 1 aromatic heterocycles. The number of aromatic amines is 1. The number of nitrogens with one attached hydrogen (secondary N) is 2.